The zero-order valence-electron chi connectivity index (χ0n) is 16.4. The summed E-state index contributed by atoms with van der Waals surface area (Å²) in [5.74, 6) is 0.153. The number of benzene rings is 1. The summed E-state index contributed by atoms with van der Waals surface area (Å²) in [5, 5.41) is 8.10. The number of aromatic nitrogens is 4. The average molecular weight is 412 g/mol. The van der Waals surface area contributed by atoms with E-state index in [1.807, 2.05) is 6.07 Å². The third kappa shape index (κ3) is 3.60. The van der Waals surface area contributed by atoms with Crippen molar-refractivity contribution in [2.45, 2.75) is 26.2 Å². The van der Waals surface area contributed by atoms with Crippen LogP contribution < -0.4 is 4.74 Å². The lowest BCUT2D eigenvalue weighted by Crippen LogP contribution is -2.04. The van der Waals surface area contributed by atoms with Crippen LogP contribution in [0.15, 0.2) is 48.9 Å². The molecule has 0 aliphatic rings. The van der Waals surface area contributed by atoms with Crippen molar-refractivity contribution >= 4 is 5.65 Å². The SMILES string of the molecule is COc1cccc(F)c1CCc1ccc(-c2cc(C)ncc2C(F)F)c2nncn12. The van der Waals surface area contributed by atoms with E-state index in [0.717, 1.165) is 5.69 Å². The van der Waals surface area contributed by atoms with E-state index in [9.17, 15) is 13.2 Å². The van der Waals surface area contributed by atoms with E-state index in [-0.39, 0.29) is 11.4 Å². The first-order valence-electron chi connectivity index (χ1n) is 9.37. The molecule has 1 aromatic carbocycles. The Morgan fingerprint density at radius 1 is 1.10 bits per heavy atom. The van der Waals surface area contributed by atoms with Gasteiger partial charge in [-0.05, 0) is 55.7 Å². The van der Waals surface area contributed by atoms with Crippen LogP contribution in [-0.4, -0.2) is 26.7 Å². The van der Waals surface area contributed by atoms with Crippen LogP contribution in [0.3, 0.4) is 0 Å². The maximum absolute atomic E-state index is 14.2. The molecule has 4 aromatic rings. The third-order valence-corrected chi connectivity index (χ3v) is 5.06. The first-order valence-corrected chi connectivity index (χ1v) is 9.37. The zero-order chi connectivity index (χ0) is 21.3. The second-order valence-corrected chi connectivity index (χ2v) is 6.90. The van der Waals surface area contributed by atoms with E-state index in [1.165, 1.54) is 25.7 Å². The molecular weight excluding hydrogens is 393 g/mol. The van der Waals surface area contributed by atoms with Gasteiger partial charge in [-0.1, -0.05) is 6.07 Å². The Morgan fingerprint density at radius 2 is 1.93 bits per heavy atom. The van der Waals surface area contributed by atoms with Crippen molar-refractivity contribution in [1.29, 1.82) is 0 Å². The number of alkyl halides is 2. The van der Waals surface area contributed by atoms with Crippen molar-refractivity contribution in [1.82, 2.24) is 19.6 Å². The molecule has 0 radical (unpaired) electrons. The molecule has 154 valence electrons. The molecule has 0 amide bonds. The Morgan fingerprint density at radius 3 is 2.70 bits per heavy atom. The second kappa shape index (κ2) is 8.14. The Hall–Kier alpha value is -3.42. The minimum Gasteiger partial charge on any atom is -0.496 e. The highest BCUT2D eigenvalue weighted by Gasteiger charge is 2.19. The lowest BCUT2D eigenvalue weighted by molar-refractivity contribution is 0.151. The van der Waals surface area contributed by atoms with Gasteiger partial charge in [0.25, 0.3) is 6.43 Å². The van der Waals surface area contributed by atoms with Gasteiger partial charge in [-0.3, -0.25) is 9.38 Å². The lowest BCUT2D eigenvalue weighted by atomic mass is 10.00. The maximum Gasteiger partial charge on any atom is 0.265 e. The van der Waals surface area contributed by atoms with E-state index in [2.05, 4.69) is 15.2 Å². The third-order valence-electron chi connectivity index (χ3n) is 5.06. The van der Waals surface area contributed by atoms with Crippen LogP contribution in [0, 0.1) is 12.7 Å². The molecule has 0 unspecified atom stereocenters. The van der Waals surface area contributed by atoms with Crippen molar-refractivity contribution in [2.75, 3.05) is 7.11 Å². The van der Waals surface area contributed by atoms with Gasteiger partial charge in [-0.2, -0.15) is 0 Å². The molecule has 4 rings (SSSR count). The van der Waals surface area contributed by atoms with Crippen molar-refractivity contribution in [3.8, 4) is 16.9 Å². The average Bonchev–Trinajstić information content (AvgIpc) is 3.22. The van der Waals surface area contributed by atoms with E-state index in [4.69, 9.17) is 4.74 Å². The Bertz CT molecular complexity index is 1210. The van der Waals surface area contributed by atoms with Gasteiger partial charge in [0.15, 0.2) is 5.65 Å². The highest BCUT2D eigenvalue weighted by atomic mass is 19.3. The molecule has 30 heavy (non-hydrogen) atoms. The van der Waals surface area contributed by atoms with Crippen LogP contribution in [0.5, 0.6) is 5.75 Å². The Balaban J connectivity index is 1.74. The standard InChI is InChI=1S/C22H19F3N4O/c1-13-10-17(18(11-26-13)21(24)25)15-8-6-14(29-12-27-28-22(15)29)7-9-16-19(23)4-3-5-20(16)30-2/h3-6,8,10-12,21H,7,9H2,1-2H3. The monoisotopic (exact) mass is 412 g/mol. The largest absolute Gasteiger partial charge is 0.496 e. The molecule has 0 N–H and O–H groups in total. The molecule has 8 heteroatoms. The van der Waals surface area contributed by atoms with Crippen LogP contribution in [0.25, 0.3) is 16.8 Å². The molecule has 0 aliphatic carbocycles. The van der Waals surface area contributed by atoms with E-state index >= 15 is 0 Å². The number of ether oxygens (including phenoxy) is 1. The van der Waals surface area contributed by atoms with Gasteiger partial charge in [0.1, 0.15) is 17.9 Å². The number of hydrogen-bond acceptors (Lipinski definition) is 4. The van der Waals surface area contributed by atoms with Crippen LogP contribution in [-0.2, 0) is 12.8 Å². The van der Waals surface area contributed by atoms with Crippen LogP contribution in [0.4, 0.5) is 13.2 Å². The van der Waals surface area contributed by atoms with Crippen LogP contribution in [0.2, 0.25) is 0 Å². The molecule has 0 fully saturated rings. The van der Waals surface area contributed by atoms with Gasteiger partial charge in [-0.25, -0.2) is 13.2 Å². The van der Waals surface area contributed by atoms with E-state index in [0.29, 0.717) is 46.6 Å². The van der Waals surface area contributed by atoms with Crippen molar-refractivity contribution in [2.24, 2.45) is 0 Å². The number of methoxy groups -OCH3 is 1. The Labute approximate surface area is 171 Å². The summed E-state index contributed by atoms with van der Waals surface area (Å²) in [6.45, 7) is 1.75. The number of rotatable bonds is 6. The molecule has 0 spiro atoms. The molecule has 5 nitrogen and oxygen atoms in total. The van der Waals surface area contributed by atoms with Crippen molar-refractivity contribution < 1.29 is 17.9 Å². The molecule has 3 aromatic heterocycles. The zero-order valence-corrected chi connectivity index (χ0v) is 16.4. The summed E-state index contributed by atoms with van der Waals surface area (Å²) in [7, 11) is 1.50. The van der Waals surface area contributed by atoms with Gasteiger partial charge < -0.3 is 4.74 Å². The minimum atomic E-state index is -2.66. The molecule has 0 aliphatic heterocycles. The first kappa shape index (κ1) is 19.9. The normalized spacial score (nSPS) is 11.4. The summed E-state index contributed by atoms with van der Waals surface area (Å²) in [5.41, 5.74) is 3.15. The molecule has 0 saturated heterocycles. The van der Waals surface area contributed by atoms with Gasteiger partial charge in [0.05, 0.1) is 7.11 Å². The summed E-state index contributed by atoms with van der Waals surface area (Å²) < 4.78 is 48.3. The van der Waals surface area contributed by atoms with Crippen molar-refractivity contribution in [3.63, 3.8) is 0 Å². The summed E-state index contributed by atoms with van der Waals surface area (Å²) >= 11 is 0. The van der Waals surface area contributed by atoms with Gasteiger partial charge in [0, 0.05) is 34.3 Å². The van der Waals surface area contributed by atoms with E-state index in [1.54, 1.807) is 35.6 Å². The maximum atomic E-state index is 14.2. The number of pyridine rings is 2. The molecule has 0 atom stereocenters. The molecule has 0 bridgehead atoms. The highest BCUT2D eigenvalue weighted by molar-refractivity contribution is 5.80. The van der Waals surface area contributed by atoms with Crippen molar-refractivity contribution in [3.05, 3.63) is 77.3 Å². The van der Waals surface area contributed by atoms with Gasteiger partial charge >= 0.3 is 0 Å². The predicted molar refractivity (Wildman–Crippen MR) is 106 cm³/mol. The number of aryl methyl sites for hydroxylation is 2. The fraction of sp³-hybridized carbons (Fsp3) is 0.227. The minimum absolute atomic E-state index is 0.158. The fourth-order valence-corrected chi connectivity index (χ4v) is 3.58. The summed E-state index contributed by atoms with van der Waals surface area (Å²) in [6.07, 6.45) is 0.954. The smallest absolute Gasteiger partial charge is 0.265 e. The van der Waals surface area contributed by atoms with Crippen LogP contribution in [0.1, 0.15) is 28.9 Å². The predicted octanol–water partition coefficient (Wildman–Crippen LogP) is 4.97. The summed E-state index contributed by atoms with van der Waals surface area (Å²) in [6, 6.07) is 9.90. The van der Waals surface area contributed by atoms with Gasteiger partial charge in [0.2, 0.25) is 0 Å². The second-order valence-electron chi connectivity index (χ2n) is 6.90. The van der Waals surface area contributed by atoms with Gasteiger partial charge in [-0.15, -0.1) is 10.2 Å². The number of halogens is 3. The summed E-state index contributed by atoms with van der Waals surface area (Å²) in [4.78, 5) is 3.99. The Kier molecular flexibility index (Phi) is 5.39. The van der Waals surface area contributed by atoms with E-state index < -0.39 is 6.43 Å². The topological polar surface area (TPSA) is 52.3 Å². The van der Waals surface area contributed by atoms with Crippen LogP contribution >= 0.6 is 0 Å². The highest BCUT2D eigenvalue weighted by Crippen LogP contribution is 2.33. The molecule has 0 saturated carbocycles. The quantitative estimate of drug-likeness (QED) is 0.449. The molecule has 3 heterocycles. The number of nitrogens with zero attached hydrogens (tertiary/aromatic N) is 4. The first-order chi connectivity index (χ1) is 14.5. The molecular formula is C22H19F3N4O. The number of fused-ring (bicyclic) bond motifs is 1. The fourth-order valence-electron chi connectivity index (χ4n) is 3.58. The number of hydrogen-bond donors (Lipinski definition) is 0. The lowest BCUT2D eigenvalue weighted by Gasteiger charge is -2.13.